The number of hydrogen-bond donors (Lipinski definition) is 1. The normalized spacial score (nSPS) is 25.6. The fraction of sp³-hybridized carbons (Fsp3) is 0.833. The van der Waals surface area contributed by atoms with E-state index >= 15 is 0 Å². The van der Waals surface area contributed by atoms with Crippen LogP contribution < -0.4 is 5.73 Å². The predicted molar refractivity (Wildman–Crippen MR) is 38.0 cm³/mol. The Balaban J connectivity index is 1.89. The molecule has 0 unspecified atom stereocenters. The zero-order valence-electron chi connectivity index (χ0n) is 6.16. The van der Waals surface area contributed by atoms with Crippen molar-refractivity contribution in [1.29, 1.82) is 0 Å². The fourth-order valence-electron chi connectivity index (χ4n) is 1.36. The van der Waals surface area contributed by atoms with Gasteiger partial charge in [0, 0.05) is 25.9 Å². The minimum Gasteiger partial charge on any atom is -0.351 e. The molecule has 1 fully saturated rings. The van der Waals surface area contributed by atoms with E-state index in [0.717, 1.165) is 12.8 Å². The Hall–Kier alpha value is -1.13. The lowest BCUT2D eigenvalue weighted by Crippen LogP contribution is -2.44. The standard InChI is InChI=1S/C6H10N4O/c7-5(11)10-3-1-6(2-4-10)8-9-6/h1-4H2,(H2,7,11). The molecular formula is C6H10N4O. The molecule has 2 heterocycles. The monoisotopic (exact) mass is 154 g/mol. The van der Waals surface area contributed by atoms with E-state index in [1.165, 1.54) is 0 Å². The van der Waals surface area contributed by atoms with Crippen LogP contribution in [0.1, 0.15) is 12.8 Å². The molecule has 2 amide bonds. The molecule has 5 nitrogen and oxygen atoms in total. The van der Waals surface area contributed by atoms with Gasteiger partial charge in [0.1, 0.15) is 0 Å². The van der Waals surface area contributed by atoms with Crippen molar-refractivity contribution >= 4 is 6.03 Å². The molecular weight excluding hydrogens is 144 g/mol. The van der Waals surface area contributed by atoms with Crippen LogP contribution >= 0.6 is 0 Å². The highest BCUT2D eigenvalue weighted by atomic mass is 16.2. The molecule has 2 aliphatic heterocycles. The van der Waals surface area contributed by atoms with Crippen LogP contribution in [0.25, 0.3) is 0 Å². The molecule has 2 rings (SSSR count). The molecule has 60 valence electrons. The number of carbonyl (C=O) groups excluding carboxylic acids is 1. The number of carbonyl (C=O) groups is 1. The number of primary amides is 1. The van der Waals surface area contributed by atoms with Gasteiger partial charge in [-0.05, 0) is 0 Å². The van der Waals surface area contributed by atoms with Gasteiger partial charge in [0.25, 0.3) is 0 Å². The van der Waals surface area contributed by atoms with Crippen LogP contribution in [-0.4, -0.2) is 29.7 Å². The largest absolute Gasteiger partial charge is 0.351 e. The highest BCUT2D eigenvalue weighted by molar-refractivity contribution is 5.72. The minimum atomic E-state index is -0.333. The Morgan fingerprint density at radius 2 is 1.91 bits per heavy atom. The minimum absolute atomic E-state index is 0.105. The molecule has 0 aromatic rings. The number of urea groups is 1. The number of piperidine rings is 1. The van der Waals surface area contributed by atoms with E-state index in [9.17, 15) is 4.79 Å². The zero-order chi connectivity index (χ0) is 7.90. The summed E-state index contributed by atoms with van der Waals surface area (Å²) in [6.45, 7) is 1.39. The molecule has 0 saturated carbocycles. The lowest BCUT2D eigenvalue weighted by atomic mass is 10.0. The second-order valence-electron chi connectivity index (χ2n) is 3.01. The van der Waals surface area contributed by atoms with Crippen molar-refractivity contribution in [3.8, 4) is 0 Å². The van der Waals surface area contributed by atoms with Crippen molar-refractivity contribution in [3.05, 3.63) is 0 Å². The van der Waals surface area contributed by atoms with Gasteiger partial charge in [-0.3, -0.25) is 0 Å². The Morgan fingerprint density at radius 1 is 1.36 bits per heavy atom. The molecule has 1 spiro atoms. The van der Waals surface area contributed by atoms with Crippen LogP contribution in [0.3, 0.4) is 0 Å². The molecule has 2 aliphatic rings. The summed E-state index contributed by atoms with van der Waals surface area (Å²) in [5.41, 5.74) is 5.00. The molecule has 2 N–H and O–H groups in total. The summed E-state index contributed by atoms with van der Waals surface area (Å²) < 4.78 is 0. The Morgan fingerprint density at radius 3 is 2.27 bits per heavy atom. The lowest BCUT2D eigenvalue weighted by Gasteiger charge is -2.27. The molecule has 5 heteroatoms. The van der Waals surface area contributed by atoms with Crippen LogP contribution in [0.15, 0.2) is 10.2 Å². The van der Waals surface area contributed by atoms with Crippen molar-refractivity contribution in [1.82, 2.24) is 4.90 Å². The van der Waals surface area contributed by atoms with Crippen LogP contribution in [0.5, 0.6) is 0 Å². The smallest absolute Gasteiger partial charge is 0.314 e. The molecule has 11 heavy (non-hydrogen) atoms. The van der Waals surface area contributed by atoms with E-state index in [1.807, 2.05) is 0 Å². The third-order valence-corrected chi connectivity index (χ3v) is 2.26. The van der Waals surface area contributed by atoms with E-state index in [1.54, 1.807) is 4.90 Å². The molecule has 0 aromatic heterocycles. The SMILES string of the molecule is NC(=O)N1CCC2(CC1)N=N2. The van der Waals surface area contributed by atoms with E-state index in [2.05, 4.69) is 10.2 Å². The predicted octanol–water partition coefficient (Wildman–Crippen LogP) is 0.323. The molecule has 0 atom stereocenters. The average Bonchev–Trinajstić information content (AvgIpc) is 2.70. The quantitative estimate of drug-likeness (QED) is 0.536. The summed E-state index contributed by atoms with van der Waals surface area (Å²) >= 11 is 0. The van der Waals surface area contributed by atoms with Crippen molar-refractivity contribution in [2.24, 2.45) is 16.0 Å². The first-order valence-electron chi connectivity index (χ1n) is 3.70. The fourth-order valence-corrected chi connectivity index (χ4v) is 1.36. The first-order chi connectivity index (χ1) is 5.22. The van der Waals surface area contributed by atoms with Gasteiger partial charge < -0.3 is 10.6 Å². The molecule has 0 aliphatic carbocycles. The number of amides is 2. The maximum Gasteiger partial charge on any atom is 0.314 e. The maximum atomic E-state index is 10.7. The number of nitrogens with two attached hydrogens (primary N) is 1. The summed E-state index contributed by atoms with van der Waals surface area (Å²) in [5.74, 6) is 0. The van der Waals surface area contributed by atoms with Gasteiger partial charge in [-0.2, -0.15) is 10.2 Å². The van der Waals surface area contributed by atoms with Gasteiger partial charge in [-0.1, -0.05) is 0 Å². The number of rotatable bonds is 0. The second kappa shape index (κ2) is 1.93. The lowest BCUT2D eigenvalue weighted by molar-refractivity contribution is 0.185. The Kier molecular flexibility index (Phi) is 1.15. The first-order valence-corrected chi connectivity index (χ1v) is 3.70. The zero-order valence-corrected chi connectivity index (χ0v) is 6.16. The van der Waals surface area contributed by atoms with Gasteiger partial charge in [0.15, 0.2) is 5.66 Å². The summed E-state index contributed by atoms with van der Waals surface area (Å²) in [6, 6.07) is -0.333. The molecule has 0 aromatic carbocycles. The number of hydrogen-bond acceptors (Lipinski definition) is 3. The summed E-state index contributed by atoms with van der Waals surface area (Å²) in [5, 5.41) is 7.87. The van der Waals surface area contributed by atoms with Crippen LogP contribution in [-0.2, 0) is 0 Å². The Bertz CT molecular complexity index is 209. The van der Waals surface area contributed by atoms with Crippen LogP contribution in [0.4, 0.5) is 4.79 Å². The third kappa shape index (κ3) is 1.06. The van der Waals surface area contributed by atoms with Crippen LogP contribution in [0, 0.1) is 0 Å². The number of likely N-dealkylation sites (tertiary alicyclic amines) is 1. The molecule has 0 bridgehead atoms. The first kappa shape index (κ1) is 6.57. The highest BCUT2D eigenvalue weighted by Gasteiger charge is 2.43. The highest BCUT2D eigenvalue weighted by Crippen LogP contribution is 2.38. The van der Waals surface area contributed by atoms with Gasteiger partial charge in [0.2, 0.25) is 0 Å². The molecule has 0 radical (unpaired) electrons. The summed E-state index contributed by atoms with van der Waals surface area (Å²) in [4.78, 5) is 12.3. The van der Waals surface area contributed by atoms with Crippen molar-refractivity contribution in [2.75, 3.05) is 13.1 Å². The van der Waals surface area contributed by atoms with Gasteiger partial charge in [0.05, 0.1) is 0 Å². The summed E-state index contributed by atoms with van der Waals surface area (Å²) in [6.07, 6.45) is 1.69. The topological polar surface area (TPSA) is 71.1 Å². The van der Waals surface area contributed by atoms with E-state index in [4.69, 9.17) is 5.73 Å². The molecule has 1 saturated heterocycles. The summed E-state index contributed by atoms with van der Waals surface area (Å²) in [7, 11) is 0. The maximum absolute atomic E-state index is 10.7. The van der Waals surface area contributed by atoms with E-state index in [-0.39, 0.29) is 11.7 Å². The van der Waals surface area contributed by atoms with Gasteiger partial charge in [-0.15, -0.1) is 0 Å². The van der Waals surface area contributed by atoms with E-state index in [0.29, 0.717) is 13.1 Å². The number of nitrogens with zero attached hydrogens (tertiary/aromatic N) is 3. The van der Waals surface area contributed by atoms with Gasteiger partial charge >= 0.3 is 6.03 Å². The van der Waals surface area contributed by atoms with Crippen molar-refractivity contribution < 1.29 is 4.79 Å². The van der Waals surface area contributed by atoms with Gasteiger partial charge in [-0.25, -0.2) is 4.79 Å². The average molecular weight is 154 g/mol. The van der Waals surface area contributed by atoms with Crippen LogP contribution in [0.2, 0.25) is 0 Å². The Labute approximate surface area is 64.3 Å². The second-order valence-corrected chi connectivity index (χ2v) is 3.01. The van der Waals surface area contributed by atoms with Crippen molar-refractivity contribution in [3.63, 3.8) is 0 Å². The van der Waals surface area contributed by atoms with Crippen molar-refractivity contribution in [2.45, 2.75) is 18.5 Å². The van der Waals surface area contributed by atoms with E-state index < -0.39 is 0 Å². The third-order valence-electron chi connectivity index (χ3n) is 2.26.